The Kier molecular flexibility index (Phi) is 2.07. The van der Waals surface area contributed by atoms with Crippen molar-refractivity contribution in [2.45, 2.75) is 13.3 Å². The lowest BCUT2D eigenvalue weighted by molar-refractivity contribution is 1.19. The summed E-state index contributed by atoms with van der Waals surface area (Å²) in [5.74, 6) is 0. The van der Waals surface area contributed by atoms with E-state index in [1.165, 1.54) is 5.56 Å². The Morgan fingerprint density at radius 3 is 2.69 bits per heavy atom. The van der Waals surface area contributed by atoms with Gasteiger partial charge in [0, 0.05) is 23.9 Å². The fraction of sp³-hybridized carbons (Fsp3) is 0.143. The van der Waals surface area contributed by atoms with Gasteiger partial charge in [-0.2, -0.15) is 0 Å². The molecule has 0 radical (unpaired) electrons. The van der Waals surface area contributed by atoms with Crippen LogP contribution in [0.5, 0.6) is 0 Å². The predicted octanol–water partition coefficient (Wildman–Crippen LogP) is 3.07. The smallest absolute Gasteiger partial charge is 0.0669 e. The van der Waals surface area contributed by atoms with Crippen LogP contribution < -0.4 is 0 Å². The van der Waals surface area contributed by atoms with Gasteiger partial charge in [-0.15, -0.1) is 0 Å². The van der Waals surface area contributed by atoms with Crippen molar-refractivity contribution in [2.24, 2.45) is 4.99 Å². The van der Waals surface area contributed by atoms with Gasteiger partial charge in [0.15, 0.2) is 0 Å². The number of aliphatic imine (C=N–C) groups is 1. The molecule has 0 atom stereocenters. The Labute approximate surface area is 94.7 Å². The molecule has 1 aromatic heterocycles. The van der Waals surface area contributed by atoms with Gasteiger partial charge in [-0.25, -0.2) is 0 Å². The number of rotatable bonds is 1. The molecule has 2 heterocycles. The molecule has 1 aliphatic rings. The third-order valence-electron chi connectivity index (χ3n) is 2.85. The highest BCUT2D eigenvalue weighted by Gasteiger charge is 2.14. The van der Waals surface area contributed by atoms with Crippen molar-refractivity contribution in [3.63, 3.8) is 0 Å². The van der Waals surface area contributed by atoms with Crippen LogP contribution in [0.15, 0.2) is 47.6 Å². The second kappa shape index (κ2) is 3.56. The van der Waals surface area contributed by atoms with E-state index < -0.39 is 0 Å². The average molecular weight is 208 g/mol. The van der Waals surface area contributed by atoms with Crippen LogP contribution in [0, 0.1) is 6.92 Å². The average Bonchev–Trinajstić information content (AvgIpc) is 2.73. The Balaban J connectivity index is 1.98. The highest BCUT2D eigenvalue weighted by Crippen LogP contribution is 2.27. The Morgan fingerprint density at radius 2 is 1.94 bits per heavy atom. The van der Waals surface area contributed by atoms with Crippen molar-refractivity contribution < 1.29 is 0 Å². The lowest BCUT2D eigenvalue weighted by Gasteiger charge is -1.99. The van der Waals surface area contributed by atoms with Gasteiger partial charge in [0.05, 0.1) is 11.4 Å². The fourth-order valence-corrected chi connectivity index (χ4v) is 1.94. The quantitative estimate of drug-likeness (QED) is 0.707. The van der Waals surface area contributed by atoms with Gasteiger partial charge < -0.3 is 0 Å². The van der Waals surface area contributed by atoms with Crippen LogP contribution in [0.3, 0.4) is 0 Å². The number of aryl methyl sites for hydroxylation is 1. The van der Waals surface area contributed by atoms with Gasteiger partial charge in [-0.3, -0.25) is 9.98 Å². The summed E-state index contributed by atoms with van der Waals surface area (Å²) >= 11 is 0. The van der Waals surface area contributed by atoms with Crippen molar-refractivity contribution in [1.82, 2.24) is 4.98 Å². The van der Waals surface area contributed by atoms with E-state index in [-0.39, 0.29) is 0 Å². The number of hydrogen-bond acceptors (Lipinski definition) is 2. The lowest BCUT2D eigenvalue weighted by Crippen LogP contribution is -2.01. The maximum Gasteiger partial charge on any atom is 0.0669 e. The molecule has 1 aromatic carbocycles. The third-order valence-corrected chi connectivity index (χ3v) is 2.85. The number of para-hydroxylation sites is 1. The first kappa shape index (κ1) is 9.28. The zero-order chi connectivity index (χ0) is 11.0. The van der Waals surface area contributed by atoms with Crippen LogP contribution >= 0.6 is 0 Å². The molecule has 0 saturated heterocycles. The van der Waals surface area contributed by atoms with Crippen molar-refractivity contribution in [3.05, 3.63) is 59.4 Å². The van der Waals surface area contributed by atoms with Crippen molar-refractivity contribution >= 4 is 11.4 Å². The van der Waals surface area contributed by atoms with E-state index >= 15 is 0 Å². The van der Waals surface area contributed by atoms with Crippen molar-refractivity contribution in [1.29, 1.82) is 0 Å². The summed E-state index contributed by atoms with van der Waals surface area (Å²) in [6.07, 6.45) is 2.82. The minimum absolute atomic E-state index is 0.918. The van der Waals surface area contributed by atoms with Crippen LogP contribution in [-0.2, 0) is 6.42 Å². The van der Waals surface area contributed by atoms with Crippen LogP contribution in [-0.4, -0.2) is 10.7 Å². The van der Waals surface area contributed by atoms with Gasteiger partial charge in [0.2, 0.25) is 0 Å². The molecule has 3 rings (SSSR count). The SMILES string of the molecule is Cc1ccc(C2=Nc3ccccc3C2)cn1. The van der Waals surface area contributed by atoms with E-state index in [0.717, 1.165) is 29.1 Å². The summed E-state index contributed by atoms with van der Waals surface area (Å²) in [6, 6.07) is 12.4. The molecule has 0 N–H and O–H groups in total. The van der Waals surface area contributed by atoms with E-state index in [1.54, 1.807) is 0 Å². The first-order valence-corrected chi connectivity index (χ1v) is 5.41. The molecule has 1 aliphatic heterocycles. The Bertz CT molecular complexity index is 553. The van der Waals surface area contributed by atoms with Gasteiger partial charge >= 0.3 is 0 Å². The van der Waals surface area contributed by atoms with Crippen molar-refractivity contribution in [2.75, 3.05) is 0 Å². The van der Waals surface area contributed by atoms with Gasteiger partial charge in [0.1, 0.15) is 0 Å². The summed E-state index contributed by atoms with van der Waals surface area (Å²) in [4.78, 5) is 8.93. The molecule has 78 valence electrons. The molecule has 16 heavy (non-hydrogen) atoms. The summed E-state index contributed by atoms with van der Waals surface area (Å²) in [5.41, 5.74) is 5.69. The van der Waals surface area contributed by atoms with Crippen LogP contribution in [0.1, 0.15) is 16.8 Å². The summed E-state index contributed by atoms with van der Waals surface area (Å²) in [6.45, 7) is 2.00. The minimum atomic E-state index is 0.918. The maximum absolute atomic E-state index is 4.63. The van der Waals surface area contributed by atoms with E-state index in [0.29, 0.717) is 0 Å². The molecule has 0 amide bonds. The molecular formula is C14H12N2. The molecule has 2 nitrogen and oxygen atoms in total. The Hall–Kier alpha value is -1.96. The van der Waals surface area contributed by atoms with Gasteiger partial charge in [-0.1, -0.05) is 18.2 Å². The Morgan fingerprint density at radius 1 is 1.06 bits per heavy atom. The van der Waals surface area contributed by atoms with Gasteiger partial charge in [-0.05, 0) is 30.7 Å². The minimum Gasteiger partial charge on any atom is -0.261 e. The number of pyridine rings is 1. The second-order valence-corrected chi connectivity index (χ2v) is 4.05. The number of fused-ring (bicyclic) bond motifs is 1. The summed E-state index contributed by atoms with van der Waals surface area (Å²) in [7, 11) is 0. The molecule has 0 unspecified atom stereocenters. The molecule has 2 aromatic rings. The number of benzene rings is 1. The molecule has 2 heteroatoms. The third kappa shape index (κ3) is 1.52. The normalized spacial score (nSPS) is 13.4. The highest BCUT2D eigenvalue weighted by molar-refractivity contribution is 6.06. The topological polar surface area (TPSA) is 25.2 Å². The van der Waals surface area contributed by atoms with Crippen LogP contribution in [0.25, 0.3) is 0 Å². The predicted molar refractivity (Wildman–Crippen MR) is 65.3 cm³/mol. The summed E-state index contributed by atoms with van der Waals surface area (Å²) in [5, 5.41) is 0. The number of nitrogens with zero attached hydrogens (tertiary/aromatic N) is 2. The van der Waals surface area contributed by atoms with Crippen LogP contribution in [0.4, 0.5) is 5.69 Å². The standard InChI is InChI=1S/C14H12N2/c1-10-6-7-12(9-15-10)14-8-11-4-2-3-5-13(11)16-14/h2-7,9H,8H2,1H3. The zero-order valence-electron chi connectivity index (χ0n) is 9.14. The van der Waals surface area contributed by atoms with Crippen LogP contribution in [0.2, 0.25) is 0 Å². The monoisotopic (exact) mass is 208 g/mol. The fourth-order valence-electron chi connectivity index (χ4n) is 1.94. The van der Waals surface area contributed by atoms with Gasteiger partial charge in [0.25, 0.3) is 0 Å². The molecule has 0 bridgehead atoms. The largest absolute Gasteiger partial charge is 0.261 e. The van der Waals surface area contributed by atoms with Crippen molar-refractivity contribution in [3.8, 4) is 0 Å². The summed E-state index contributed by atoms with van der Waals surface area (Å²) < 4.78 is 0. The van der Waals surface area contributed by atoms with E-state index in [4.69, 9.17) is 0 Å². The first-order chi connectivity index (χ1) is 7.83. The lowest BCUT2D eigenvalue weighted by atomic mass is 10.1. The maximum atomic E-state index is 4.63. The highest BCUT2D eigenvalue weighted by atomic mass is 14.8. The first-order valence-electron chi connectivity index (χ1n) is 5.41. The molecule has 0 spiro atoms. The van der Waals surface area contributed by atoms with E-state index in [1.807, 2.05) is 25.3 Å². The van der Waals surface area contributed by atoms with E-state index in [2.05, 4.69) is 34.2 Å². The number of hydrogen-bond donors (Lipinski definition) is 0. The van der Waals surface area contributed by atoms with E-state index in [9.17, 15) is 0 Å². The molecule has 0 fully saturated rings. The molecule has 0 saturated carbocycles. The molecule has 0 aliphatic carbocycles. The second-order valence-electron chi connectivity index (χ2n) is 4.05. The zero-order valence-corrected chi connectivity index (χ0v) is 9.14. The number of aromatic nitrogens is 1. The molecular weight excluding hydrogens is 196 g/mol.